The van der Waals surface area contributed by atoms with Gasteiger partial charge in [-0.05, 0) is 62.5 Å². The number of carboxylic acids is 1. The van der Waals surface area contributed by atoms with Crippen molar-refractivity contribution in [3.63, 3.8) is 0 Å². The molecule has 2 aromatic carbocycles. The Morgan fingerprint density at radius 2 is 1.78 bits per heavy atom. The van der Waals surface area contributed by atoms with Gasteiger partial charge >= 0.3 is 5.97 Å². The number of carboxylic acid groups (broad SMARTS) is 1. The van der Waals surface area contributed by atoms with E-state index >= 15 is 0 Å². The summed E-state index contributed by atoms with van der Waals surface area (Å²) in [6.45, 7) is 0.269. The highest BCUT2D eigenvalue weighted by molar-refractivity contribution is 7.90. The highest BCUT2D eigenvalue weighted by atomic mass is 32.2. The van der Waals surface area contributed by atoms with E-state index in [-0.39, 0.29) is 29.7 Å². The number of fused-ring (bicyclic) bond motifs is 1. The van der Waals surface area contributed by atoms with Crippen LogP contribution in [0.4, 0.5) is 5.69 Å². The maximum absolute atomic E-state index is 13.6. The molecule has 11 nitrogen and oxygen atoms in total. The molecule has 2 heterocycles. The van der Waals surface area contributed by atoms with E-state index in [2.05, 4.69) is 9.50 Å². The number of hydrogen-bond acceptors (Lipinski definition) is 7. The van der Waals surface area contributed by atoms with Gasteiger partial charge in [0.25, 0.3) is 15.9 Å². The van der Waals surface area contributed by atoms with E-state index < -0.39 is 16.0 Å². The average Bonchev–Trinajstić information content (AvgIpc) is 3.24. The molecule has 0 fully saturated rings. The first-order valence-electron chi connectivity index (χ1n) is 10.9. The van der Waals surface area contributed by atoms with Crippen LogP contribution in [-0.2, 0) is 16.4 Å². The van der Waals surface area contributed by atoms with E-state index in [0.717, 1.165) is 0 Å². The van der Waals surface area contributed by atoms with Crippen LogP contribution in [0.1, 0.15) is 32.1 Å². The minimum absolute atomic E-state index is 0.153. The molecule has 0 aliphatic carbocycles. The van der Waals surface area contributed by atoms with Gasteiger partial charge in [0.05, 0.1) is 12.8 Å². The predicted octanol–water partition coefficient (Wildman–Crippen LogP) is 2.05. The van der Waals surface area contributed by atoms with E-state index in [1.807, 2.05) is 0 Å². The zero-order valence-electron chi connectivity index (χ0n) is 20.0. The number of sulfonamides is 1. The Hall–Kier alpha value is -4.03. The Morgan fingerprint density at radius 3 is 2.36 bits per heavy atom. The number of carbonyl (C=O) groups excluding carboxylic acids is 1. The summed E-state index contributed by atoms with van der Waals surface area (Å²) in [4.78, 5) is 28.4. The Labute approximate surface area is 208 Å². The van der Waals surface area contributed by atoms with Gasteiger partial charge in [-0.15, -0.1) is 0 Å². The Balaban J connectivity index is 1.64. The zero-order valence-corrected chi connectivity index (χ0v) is 20.8. The zero-order chi connectivity index (χ0) is 26.0. The van der Waals surface area contributed by atoms with E-state index in [0.29, 0.717) is 34.7 Å². The van der Waals surface area contributed by atoms with Crippen LogP contribution < -0.4 is 9.64 Å². The minimum atomic E-state index is -3.63. The van der Waals surface area contributed by atoms with Crippen molar-refractivity contribution >= 4 is 33.8 Å². The summed E-state index contributed by atoms with van der Waals surface area (Å²) < 4.78 is 34.2. The van der Waals surface area contributed by atoms with Gasteiger partial charge in [0.2, 0.25) is 0 Å². The molecule has 1 aromatic heterocycles. The number of ether oxygens (including phenoxy) is 1. The summed E-state index contributed by atoms with van der Waals surface area (Å²) in [5.41, 5.74) is 2.08. The molecule has 0 bridgehead atoms. The third-order valence-electron chi connectivity index (χ3n) is 5.52. The molecule has 12 heteroatoms. The molecular formula is C24H25N5O6S. The van der Waals surface area contributed by atoms with Crippen LogP contribution in [0, 0.1) is 0 Å². The van der Waals surface area contributed by atoms with Crippen molar-refractivity contribution in [1.82, 2.24) is 14.7 Å². The van der Waals surface area contributed by atoms with Crippen molar-refractivity contribution in [2.75, 3.05) is 38.5 Å². The van der Waals surface area contributed by atoms with Gasteiger partial charge in [-0.1, -0.05) is 12.1 Å². The van der Waals surface area contributed by atoms with Crippen LogP contribution in [0.3, 0.4) is 0 Å². The molecule has 1 amide bonds. The third kappa shape index (κ3) is 5.14. The molecule has 0 saturated heterocycles. The van der Waals surface area contributed by atoms with Crippen molar-refractivity contribution in [1.29, 1.82) is 0 Å². The molecule has 1 aliphatic rings. The SMILES string of the molecule is COc1ccc(-n2nc(C(=O)O)c3c2C(=O)N(c2ccc(/C=N/S(=O)(=O)CN(C)C)cc2)CC3)cc1. The lowest BCUT2D eigenvalue weighted by molar-refractivity contribution is 0.0688. The van der Waals surface area contributed by atoms with Gasteiger partial charge in [0.15, 0.2) is 5.69 Å². The maximum Gasteiger partial charge on any atom is 0.356 e. The van der Waals surface area contributed by atoms with E-state index in [1.54, 1.807) is 67.5 Å². The molecule has 0 radical (unpaired) electrons. The molecule has 36 heavy (non-hydrogen) atoms. The average molecular weight is 512 g/mol. The number of anilines is 1. The fraction of sp³-hybridized carbons (Fsp3) is 0.250. The Bertz CT molecular complexity index is 1430. The van der Waals surface area contributed by atoms with Crippen LogP contribution in [-0.4, -0.2) is 79.9 Å². The van der Waals surface area contributed by atoms with E-state index in [1.165, 1.54) is 22.9 Å². The monoisotopic (exact) mass is 511 g/mol. The molecule has 0 unspecified atom stereocenters. The normalized spacial score (nSPS) is 13.9. The largest absolute Gasteiger partial charge is 0.497 e. The first-order valence-corrected chi connectivity index (χ1v) is 12.5. The smallest absolute Gasteiger partial charge is 0.356 e. The fourth-order valence-electron chi connectivity index (χ4n) is 3.93. The molecule has 0 saturated carbocycles. The topological polar surface area (TPSA) is 134 Å². The van der Waals surface area contributed by atoms with Gasteiger partial charge in [-0.25, -0.2) is 17.9 Å². The Morgan fingerprint density at radius 1 is 1.14 bits per heavy atom. The van der Waals surface area contributed by atoms with Crippen molar-refractivity contribution in [2.24, 2.45) is 4.40 Å². The number of carbonyl (C=O) groups is 2. The van der Waals surface area contributed by atoms with Gasteiger partial charge < -0.3 is 14.7 Å². The highest BCUT2D eigenvalue weighted by Crippen LogP contribution is 2.29. The molecule has 1 aliphatic heterocycles. The van der Waals surface area contributed by atoms with Gasteiger partial charge in [-0.3, -0.25) is 9.69 Å². The summed E-state index contributed by atoms with van der Waals surface area (Å²) in [6, 6.07) is 13.5. The molecule has 188 valence electrons. The first kappa shape index (κ1) is 25.1. The lowest BCUT2D eigenvalue weighted by Gasteiger charge is -2.27. The summed E-state index contributed by atoms with van der Waals surface area (Å²) in [6.07, 6.45) is 1.57. The van der Waals surface area contributed by atoms with Crippen LogP contribution >= 0.6 is 0 Å². The molecule has 4 rings (SSSR count). The van der Waals surface area contributed by atoms with Crippen molar-refractivity contribution in [3.05, 3.63) is 71.0 Å². The molecule has 3 aromatic rings. The maximum atomic E-state index is 13.6. The van der Waals surface area contributed by atoms with Crippen LogP contribution in [0.5, 0.6) is 5.75 Å². The van der Waals surface area contributed by atoms with Gasteiger partial charge in [-0.2, -0.15) is 9.50 Å². The Kier molecular flexibility index (Phi) is 6.91. The standard InChI is InChI=1S/C24H25N5O6S/c1-27(2)15-36(33,34)25-14-16-4-6-17(7-5-16)28-13-12-20-21(24(31)32)26-29(22(20)23(28)30)18-8-10-19(35-3)11-9-18/h4-11,14H,12-13,15H2,1-3H3,(H,31,32)/b25-14+. The van der Waals surface area contributed by atoms with Gasteiger partial charge in [0, 0.05) is 24.0 Å². The van der Waals surface area contributed by atoms with E-state index in [4.69, 9.17) is 4.74 Å². The van der Waals surface area contributed by atoms with Crippen LogP contribution in [0.2, 0.25) is 0 Å². The molecule has 0 spiro atoms. The molecule has 1 N–H and O–H groups in total. The lowest BCUT2D eigenvalue weighted by atomic mass is 10.0. The quantitative estimate of drug-likeness (QED) is 0.454. The second-order valence-corrected chi connectivity index (χ2v) is 10.0. The second-order valence-electron chi connectivity index (χ2n) is 8.41. The number of rotatable bonds is 8. The van der Waals surface area contributed by atoms with Crippen LogP contribution in [0.15, 0.2) is 52.9 Å². The number of benzene rings is 2. The number of nitrogens with zero attached hydrogens (tertiary/aromatic N) is 5. The molecule has 0 atom stereocenters. The van der Waals surface area contributed by atoms with Crippen molar-refractivity contribution in [3.8, 4) is 11.4 Å². The number of aromatic nitrogens is 2. The minimum Gasteiger partial charge on any atom is -0.497 e. The van der Waals surface area contributed by atoms with Gasteiger partial charge in [0.1, 0.15) is 17.3 Å². The van der Waals surface area contributed by atoms with Crippen molar-refractivity contribution < 1.29 is 27.9 Å². The van der Waals surface area contributed by atoms with Crippen molar-refractivity contribution in [2.45, 2.75) is 6.42 Å². The summed E-state index contributed by atoms with van der Waals surface area (Å²) in [5, 5.41) is 13.9. The summed E-state index contributed by atoms with van der Waals surface area (Å²) >= 11 is 0. The number of amides is 1. The van der Waals surface area contributed by atoms with E-state index in [9.17, 15) is 23.1 Å². The second kappa shape index (κ2) is 9.91. The number of methoxy groups -OCH3 is 1. The summed E-state index contributed by atoms with van der Waals surface area (Å²) in [5.74, 6) is -1.18. The number of hydrogen-bond donors (Lipinski definition) is 1. The fourth-order valence-corrected chi connectivity index (χ4v) is 4.93. The molecular weight excluding hydrogens is 486 g/mol. The first-order chi connectivity index (χ1) is 17.1. The third-order valence-corrected chi connectivity index (χ3v) is 6.79. The number of aromatic carboxylic acids is 1. The lowest BCUT2D eigenvalue weighted by Crippen LogP contribution is -2.39. The predicted molar refractivity (Wildman–Crippen MR) is 134 cm³/mol. The van der Waals surface area contributed by atoms with Crippen LogP contribution in [0.25, 0.3) is 5.69 Å². The summed E-state index contributed by atoms with van der Waals surface area (Å²) in [7, 11) is 1.19. The highest BCUT2D eigenvalue weighted by Gasteiger charge is 2.35.